The van der Waals surface area contributed by atoms with Crippen molar-refractivity contribution in [1.82, 2.24) is 4.72 Å². The van der Waals surface area contributed by atoms with E-state index in [1.807, 2.05) is 42.5 Å². The maximum Gasteiger partial charge on any atom is 0.216 e. The van der Waals surface area contributed by atoms with Gasteiger partial charge in [-0.2, -0.15) is 0 Å². The molecule has 0 aromatic heterocycles. The van der Waals surface area contributed by atoms with E-state index >= 15 is 0 Å². The fraction of sp³-hybridized carbons (Fsp3) is 0.158. The van der Waals surface area contributed by atoms with Crippen LogP contribution in [0.15, 0.2) is 66.7 Å². The van der Waals surface area contributed by atoms with Crippen molar-refractivity contribution in [3.05, 3.63) is 78.1 Å². The summed E-state index contributed by atoms with van der Waals surface area (Å²) in [5, 5.41) is 2.03. The van der Waals surface area contributed by atoms with Crippen molar-refractivity contribution in [3.63, 3.8) is 0 Å². The third kappa shape index (κ3) is 4.55. The van der Waals surface area contributed by atoms with E-state index in [0.717, 1.165) is 10.8 Å². The first-order chi connectivity index (χ1) is 12.1. The monoisotopic (exact) mass is 359 g/mol. The number of ether oxygens (including phenoxy) is 1. The Labute approximate surface area is 146 Å². The first kappa shape index (κ1) is 17.4. The molecule has 0 bridgehead atoms. The van der Waals surface area contributed by atoms with Gasteiger partial charge in [0.1, 0.15) is 18.2 Å². The van der Waals surface area contributed by atoms with Crippen LogP contribution in [0.2, 0.25) is 0 Å². The van der Waals surface area contributed by atoms with Gasteiger partial charge in [0.05, 0.1) is 5.75 Å². The molecule has 3 aromatic rings. The van der Waals surface area contributed by atoms with E-state index in [1.54, 1.807) is 6.07 Å². The second-order valence-electron chi connectivity index (χ2n) is 5.57. The molecule has 0 atom stereocenters. The normalized spacial score (nSPS) is 11.6. The minimum Gasteiger partial charge on any atom is -0.492 e. The van der Waals surface area contributed by atoms with Gasteiger partial charge in [-0.15, -0.1) is 0 Å². The third-order valence-corrected chi connectivity index (χ3v) is 5.07. The molecular weight excluding hydrogens is 341 g/mol. The van der Waals surface area contributed by atoms with E-state index in [2.05, 4.69) is 4.72 Å². The molecule has 0 fully saturated rings. The second-order valence-corrected chi connectivity index (χ2v) is 7.38. The largest absolute Gasteiger partial charge is 0.492 e. The highest BCUT2D eigenvalue weighted by Crippen LogP contribution is 2.24. The number of rotatable bonds is 7. The van der Waals surface area contributed by atoms with Crippen molar-refractivity contribution in [2.75, 3.05) is 13.2 Å². The van der Waals surface area contributed by atoms with Crippen LogP contribution in [0, 0.1) is 5.82 Å². The maximum atomic E-state index is 13.6. The van der Waals surface area contributed by atoms with E-state index in [-0.39, 0.29) is 18.7 Å². The number of sulfonamides is 1. The van der Waals surface area contributed by atoms with E-state index in [4.69, 9.17) is 4.74 Å². The molecule has 0 heterocycles. The predicted molar refractivity (Wildman–Crippen MR) is 96.5 cm³/mol. The lowest BCUT2D eigenvalue weighted by molar-refractivity contribution is 0.326. The van der Waals surface area contributed by atoms with Crippen molar-refractivity contribution in [2.45, 2.75) is 5.75 Å². The molecule has 3 rings (SSSR count). The van der Waals surface area contributed by atoms with Crippen LogP contribution < -0.4 is 9.46 Å². The van der Waals surface area contributed by atoms with Gasteiger partial charge < -0.3 is 4.74 Å². The highest BCUT2D eigenvalue weighted by Gasteiger charge is 2.13. The van der Waals surface area contributed by atoms with Crippen molar-refractivity contribution in [3.8, 4) is 5.75 Å². The molecule has 0 saturated heterocycles. The molecule has 25 heavy (non-hydrogen) atoms. The Morgan fingerprint density at radius 1 is 0.920 bits per heavy atom. The summed E-state index contributed by atoms with van der Waals surface area (Å²) in [4.78, 5) is 0. The average molecular weight is 359 g/mol. The Morgan fingerprint density at radius 2 is 1.64 bits per heavy atom. The molecule has 3 aromatic carbocycles. The van der Waals surface area contributed by atoms with Crippen molar-refractivity contribution >= 4 is 20.8 Å². The zero-order valence-corrected chi connectivity index (χ0v) is 14.3. The highest BCUT2D eigenvalue weighted by molar-refractivity contribution is 7.88. The van der Waals surface area contributed by atoms with Crippen molar-refractivity contribution < 1.29 is 17.5 Å². The molecule has 0 aliphatic rings. The molecule has 4 nitrogen and oxygen atoms in total. The van der Waals surface area contributed by atoms with Crippen LogP contribution in [0.25, 0.3) is 10.8 Å². The SMILES string of the molecule is O=S(=O)(Cc1ccccc1F)NCCOc1cccc2ccccc12. The summed E-state index contributed by atoms with van der Waals surface area (Å²) < 4.78 is 45.8. The molecule has 6 heteroatoms. The summed E-state index contributed by atoms with van der Waals surface area (Å²) in [5.74, 6) is -0.222. The summed E-state index contributed by atoms with van der Waals surface area (Å²) in [5.41, 5.74) is 0.143. The van der Waals surface area contributed by atoms with E-state index in [0.29, 0.717) is 5.75 Å². The van der Waals surface area contributed by atoms with Gasteiger partial charge in [0.15, 0.2) is 0 Å². The number of hydrogen-bond donors (Lipinski definition) is 1. The predicted octanol–water partition coefficient (Wildman–Crippen LogP) is 3.48. The number of fused-ring (bicyclic) bond motifs is 1. The average Bonchev–Trinajstić information content (AvgIpc) is 2.61. The Bertz CT molecular complexity index is 968. The number of hydrogen-bond acceptors (Lipinski definition) is 3. The van der Waals surface area contributed by atoms with Gasteiger partial charge in [-0.1, -0.05) is 54.6 Å². The van der Waals surface area contributed by atoms with Crippen LogP contribution in [-0.2, 0) is 15.8 Å². The van der Waals surface area contributed by atoms with Crippen molar-refractivity contribution in [1.29, 1.82) is 0 Å². The number of benzene rings is 3. The number of halogens is 1. The van der Waals surface area contributed by atoms with Gasteiger partial charge in [-0.25, -0.2) is 17.5 Å². The fourth-order valence-electron chi connectivity index (χ4n) is 2.55. The van der Waals surface area contributed by atoms with E-state index < -0.39 is 21.6 Å². The zero-order valence-electron chi connectivity index (χ0n) is 13.5. The quantitative estimate of drug-likeness (QED) is 0.657. The van der Waals surface area contributed by atoms with Crippen LogP contribution in [0.5, 0.6) is 5.75 Å². The van der Waals surface area contributed by atoms with Crippen LogP contribution >= 0.6 is 0 Å². The Morgan fingerprint density at radius 3 is 2.48 bits per heavy atom. The lowest BCUT2D eigenvalue weighted by atomic mass is 10.1. The molecule has 0 saturated carbocycles. The first-order valence-corrected chi connectivity index (χ1v) is 9.52. The summed E-state index contributed by atoms with van der Waals surface area (Å²) in [6.45, 7) is 0.296. The molecule has 130 valence electrons. The first-order valence-electron chi connectivity index (χ1n) is 7.86. The van der Waals surface area contributed by atoms with Gasteiger partial charge in [0, 0.05) is 17.5 Å². The zero-order chi connectivity index (χ0) is 17.7. The third-order valence-electron chi connectivity index (χ3n) is 3.73. The van der Waals surface area contributed by atoms with Crippen LogP contribution in [0.4, 0.5) is 4.39 Å². The van der Waals surface area contributed by atoms with Gasteiger partial charge in [-0.05, 0) is 17.5 Å². The van der Waals surface area contributed by atoms with Crippen molar-refractivity contribution in [2.24, 2.45) is 0 Å². The molecule has 0 unspecified atom stereocenters. The van der Waals surface area contributed by atoms with Gasteiger partial charge >= 0.3 is 0 Å². The number of nitrogens with one attached hydrogen (secondary N) is 1. The highest BCUT2D eigenvalue weighted by atomic mass is 32.2. The van der Waals surface area contributed by atoms with Gasteiger partial charge in [0.25, 0.3) is 0 Å². The van der Waals surface area contributed by atoms with Crippen LogP contribution in [-0.4, -0.2) is 21.6 Å². The lowest BCUT2D eigenvalue weighted by Crippen LogP contribution is -2.29. The summed E-state index contributed by atoms with van der Waals surface area (Å²) in [7, 11) is -3.62. The Kier molecular flexibility index (Phi) is 5.31. The second kappa shape index (κ2) is 7.63. The van der Waals surface area contributed by atoms with E-state index in [9.17, 15) is 12.8 Å². The van der Waals surface area contributed by atoms with E-state index in [1.165, 1.54) is 18.2 Å². The summed E-state index contributed by atoms with van der Waals surface area (Å²) in [6.07, 6.45) is 0. The van der Waals surface area contributed by atoms with Crippen LogP contribution in [0.3, 0.4) is 0 Å². The molecule has 0 radical (unpaired) electrons. The minimum atomic E-state index is -3.62. The molecule has 0 amide bonds. The molecule has 0 spiro atoms. The molecule has 0 aliphatic heterocycles. The van der Waals surface area contributed by atoms with Gasteiger partial charge in [0.2, 0.25) is 10.0 Å². The Balaban J connectivity index is 1.56. The maximum absolute atomic E-state index is 13.6. The molecule has 0 aliphatic carbocycles. The summed E-state index contributed by atoms with van der Waals surface area (Å²) >= 11 is 0. The molecule has 1 N–H and O–H groups in total. The lowest BCUT2D eigenvalue weighted by Gasteiger charge is -2.11. The Hall–Kier alpha value is -2.44. The fourth-order valence-corrected chi connectivity index (χ4v) is 3.69. The smallest absolute Gasteiger partial charge is 0.216 e. The topological polar surface area (TPSA) is 55.4 Å². The standard InChI is InChI=1S/C19H18FNO3S/c20-18-10-4-2-7-16(18)14-25(22,23)21-12-13-24-19-11-5-8-15-6-1-3-9-17(15)19/h1-11,21H,12-14H2. The minimum absolute atomic E-state index is 0.111. The molecular formula is C19H18FNO3S. The van der Waals surface area contributed by atoms with Crippen LogP contribution in [0.1, 0.15) is 5.56 Å². The summed E-state index contributed by atoms with van der Waals surface area (Å²) in [6, 6.07) is 19.4. The van der Waals surface area contributed by atoms with Gasteiger partial charge in [-0.3, -0.25) is 0 Å².